The minimum atomic E-state index is -3.68. The van der Waals surface area contributed by atoms with Gasteiger partial charge in [0, 0.05) is 18.7 Å². The lowest BCUT2D eigenvalue weighted by Gasteiger charge is -2.15. The van der Waals surface area contributed by atoms with Crippen molar-refractivity contribution in [1.82, 2.24) is 4.72 Å². The molecule has 2 rings (SSSR count). The number of nitrogens with one attached hydrogen (secondary N) is 2. The van der Waals surface area contributed by atoms with Gasteiger partial charge in [0.05, 0.1) is 12.0 Å². The first-order chi connectivity index (χ1) is 11.3. The molecule has 0 saturated heterocycles. The van der Waals surface area contributed by atoms with Crippen LogP contribution in [0.4, 0.5) is 5.69 Å². The topological polar surface area (TPSA) is 84.5 Å². The van der Waals surface area contributed by atoms with Gasteiger partial charge >= 0.3 is 0 Å². The van der Waals surface area contributed by atoms with E-state index in [1.807, 2.05) is 6.07 Å². The molecule has 0 saturated carbocycles. The Morgan fingerprint density at radius 3 is 2.38 bits per heavy atom. The number of rotatable bonds is 6. The first-order valence-corrected chi connectivity index (χ1v) is 8.84. The quantitative estimate of drug-likeness (QED) is 0.840. The summed E-state index contributed by atoms with van der Waals surface area (Å²) in [5, 5.41) is 2.59. The molecular formula is C17H20N2O4S. The van der Waals surface area contributed by atoms with Crippen molar-refractivity contribution in [3.8, 4) is 5.75 Å². The van der Waals surface area contributed by atoms with Crippen molar-refractivity contribution in [1.29, 1.82) is 0 Å². The SMILES string of the molecule is COc1cccc(C(C)NS(=O)(=O)c2ccc(NC(C)=O)cc2)c1. The summed E-state index contributed by atoms with van der Waals surface area (Å²) < 4.78 is 32.7. The Kier molecular flexibility index (Phi) is 5.58. The second kappa shape index (κ2) is 7.46. The zero-order chi connectivity index (χ0) is 17.7. The van der Waals surface area contributed by atoms with Crippen molar-refractivity contribution in [2.24, 2.45) is 0 Å². The Morgan fingerprint density at radius 1 is 1.12 bits per heavy atom. The highest BCUT2D eigenvalue weighted by molar-refractivity contribution is 7.89. The summed E-state index contributed by atoms with van der Waals surface area (Å²) >= 11 is 0. The molecule has 2 aromatic carbocycles. The van der Waals surface area contributed by atoms with Crippen molar-refractivity contribution < 1.29 is 17.9 Å². The molecule has 2 aromatic rings. The lowest BCUT2D eigenvalue weighted by molar-refractivity contribution is -0.114. The molecule has 6 nitrogen and oxygen atoms in total. The summed E-state index contributed by atoms with van der Waals surface area (Å²) in [5.74, 6) is 0.452. The van der Waals surface area contributed by atoms with Crippen molar-refractivity contribution >= 4 is 21.6 Å². The van der Waals surface area contributed by atoms with Crippen LogP contribution in [0.5, 0.6) is 5.75 Å². The summed E-state index contributed by atoms with van der Waals surface area (Å²) in [6, 6.07) is 12.8. The molecule has 0 aliphatic heterocycles. The highest BCUT2D eigenvalue weighted by atomic mass is 32.2. The van der Waals surface area contributed by atoms with Crippen molar-refractivity contribution in [3.63, 3.8) is 0 Å². The van der Waals surface area contributed by atoms with Crippen LogP contribution in [-0.4, -0.2) is 21.4 Å². The van der Waals surface area contributed by atoms with E-state index in [1.54, 1.807) is 44.4 Å². The van der Waals surface area contributed by atoms with Crippen LogP contribution in [0, 0.1) is 0 Å². The number of hydrogen-bond donors (Lipinski definition) is 2. The van der Waals surface area contributed by atoms with Gasteiger partial charge in [0.25, 0.3) is 0 Å². The number of ether oxygens (including phenoxy) is 1. The molecule has 0 spiro atoms. The van der Waals surface area contributed by atoms with Gasteiger partial charge in [0.1, 0.15) is 5.75 Å². The molecule has 1 unspecified atom stereocenters. The summed E-state index contributed by atoms with van der Waals surface area (Å²) in [4.78, 5) is 11.1. The van der Waals surface area contributed by atoms with Crippen molar-refractivity contribution in [3.05, 3.63) is 54.1 Å². The van der Waals surface area contributed by atoms with E-state index in [0.29, 0.717) is 11.4 Å². The number of benzene rings is 2. The molecule has 128 valence electrons. The maximum absolute atomic E-state index is 12.5. The fourth-order valence-electron chi connectivity index (χ4n) is 2.20. The van der Waals surface area contributed by atoms with Crippen LogP contribution in [0.25, 0.3) is 0 Å². The second-order valence-corrected chi connectivity index (χ2v) is 7.04. The fourth-order valence-corrected chi connectivity index (χ4v) is 3.43. The van der Waals surface area contributed by atoms with Gasteiger partial charge in [0.15, 0.2) is 0 Å². The average Bonchev–Trinajstić information content (AvgIpc) is 2.54. The van der Waals surface area contributed by atoms with Crippen LogP contribution in [0.15, 0.2) is 53.4 Å². The zero-order valence-corrected chi connectivity index (χ0v) is 14.6. The Balaban J connectivity index is 2.16. The zero-order valence-electron chi connectivity index (χ0n) is 13.7. The monoisotopic (exact) mass is 348 g/mol. The van der Waals surface area contributed by atoms with E-state index >= 15 is 0 Å². The third-order valence-electron chi connectivity index (χ3n) is 3.41. The standard InChI is InChI=1S/C17H20N2O4S/c1-12(14-5-4-6-16(11-14)23-3)19-24(21,22)17-9-7-15(8-10-17)18-13(2)20/h4-12,19H,1-3H3,(H,18,20). The third kappa shape index (κ3) is 4.56. The van der Waals surface area contributed by atoms with Gasteiger partial charge in [-0.1, -0.05) is 12.1 Å². The number of amides is 1. The lowest BCUT2D eigenvalue weighted by Crippen LogP contribution is -2.26. The maximum atomic E-state index is 12.5. The van der Waals surface area contributed by atoms with Gasteiger partial charge in [-0.3, -0.25) is 4.79 Å². The molecule has 2 N–H and O–H groups in total. The van der Waals surface area contributed by atoms with Gasteiger partial charge in [-0.05, 0) is 48.9 Å². The van der Waals surface area contributed by atoms with Crippen LogP contribution < -0.4 is 14.8 Å². The Morgan fingerprint density at radius 2 is 1.79 bits per heavy atom. The molecule has 0 heterocycles. The predicted octanol–water partition coefficient (Wildman–Crippen LogP) is 2.69. The Bertz CT molecular complexity index is 817. The maximum Gasteiger partial charge on any atom is 0.241 e. The Labute approximate surface area is 141 Å². The Hall–Kier alpha value is -2.38. The third-order valence-corrected chi connectivity index (χ3v) is 4.97. The smallest absolute Gasteiger partial charge is 0.241 e. The van der Waals surface area contributed by atoms with Crippen LogP contribution in [0.2, 0.25) is 0 Å². The summed E-state index contributed by atoms with van der Waals surface area (Å²) in [5.41, 5.74) is 1.34. The second-order valence-electron chi connectivity index (χ2n) is 5.33. The highest BCUT2D eigenvalue weighted by Gasteiger charge is 2.18. The number of anilines is 1. The first kappa shape index (κ1) is 18.0. The predicted molar refractivity (Wildman–Crippen MR) is 92.5 cm³/mol. The molecule has 0 aliphatic rings. The summed E-state index contributed by atoms with van der Waals surface area (Å²) in [6.45, 7) is 3.15. The molecule has 0 aromatic heterocycles. The number of carbonyl (C=O) groups excluding carboxylic acids is 1. The minimum absolute atomic E-state index is 0.131. The molecular weight excluding hydrogens is 328 g/mol. The summed E-state index contributed by atoms with van der Waals surface area (Å²) in [6.07, 6.45) is 0. The molecule has 0 radical (unpaired) electrons. The van der Waals surface area contributed by atoms with E-state index in [0.717, 1.165) is 5.56 Å². The van der Waals surface area contributed by atoms with Crippen LogP contribution >= 0.6 is 0 Å². The van der Waals surface area contributed by atoms with E-state index in [9.17, 15) is 13.2 Å². The average molecular weight is 348 g/mol. The van der Waals surface area contributed by atoms with E-state index in [4.69, 9.17) is 4.74 Å². The number of carbonyl (C=O) groups is 1. The van der Waals surface area contributed by atoms with Gasteiger partial charge in [0.2, 0.25) is 15.9 Å². The molecule has 1 amide bonds. The number of methoxy groups -OCH3 is 1. The number of hydrogen-bond acceptors (Lipinski definition) is 4. The van der Waals surface area contributed by atoms with E-state index < -0.39 is 16.1 Å². The van der Waals surface area contributed by atoms with E-state index in [-0.39, 0.29) is 10.8 Å². The van der Waals surface area contributed by atoms with Gasteiger partial charge in [-0.25, -0.2) is 13.1 Å². The van der Waals surface area contributed by atoms with Crippen LogP contribution in [0.3, 0.4) is 0 Å². The minimum Gasteiger partial charge on any atom is -0.497 e. The van der Waals surface area contributed by atoms with Gasteiger partial charge in [-0.15, -0.1) is 0 Å². The van der Waals surface area contributed by atoms with Crippen molar-refractivity contribution in [2.45, 2.75) is 24.8 Å². The molecule has 0 fully saturated rings. The van der Waals surface area contributed by atoms with Crippen LogP contribution in [-0.2, 0) is 14.8 Å². The molecule has 24 heavy (non-hydrogen) atoms. The van der Waals surface area contributed by atoms with Crippen LogP contribution in [0.1, 0.15) is 25.5 Å². The van der Waals surface area contributed by atoms with Crippen molar-refractivity contribution in [2.75, 3.05) is 12.4 Å². The first-order valence-electron chi connectivity index (χ1n) is 7.36. The number of sulfonamides is 1. The van der Waals surface area contributed by atoms with E-state index in [2.05, 4.69) is 10.0 Å². The van der Waals surface area contributed by atoms with Gasteiger partial charge in [-0.2, -0.15) is 0 Å². The highest BCUT2D eigenvalue weighted by Crippen LogP contribution is 2.21. The molecule has 1 atom stereocenters. The summed E-state index contributed by atoms with van der Waals surface area (Å²) in [7, 11) is -2.12. The molecule has 0 bridgehead atoms. The fraction of sp³-hybridized carbons (Fsp3) is 0.235. The normalized spacial score (nSPS) is 12.5. The van der Waals surface area contributed by atoms with E-state index in [1.165, 1.54) is 19.1 Å². The molecule has 0 aliphatic carbocycles. The van der Waals surface area contributed by atoms with Gasteiger partial charge < -0.3 is 10.1 Å². The largest absolute Gasteiger partial charge is 0.497 e. The molecule has 7 heteroatoms. The lowest BCUT2D eigenvalue weighted by atomic mass is 10.1.